The lowest BCUT2D eigenvalue weighted by Gasteiger charge is -2.19. The van der Waals surface area contributed by atoms with Gasteiger partial charge in [0, 0.05) is 42.1 Å². The number of hydrogen-bond acceptors (Lipinski definition) is 3. The highest BCUT2D eigenvalue weighted by Gasteiger charge is 2.29. The van der Waals surface area contributed by atoms with E-state index in [1.54, 1.807) is 15.2 Å². The largest absolute Gasteiger partial charge is 0.335 e. The van der Waals surface area contributed by atoms with Gasteiger partial charge in [-0.15, -0.1) is 0 Å². The molecule has 150 valence electrons. The van der Waals surface area contributed by atoms with E-state index in [9.17, 15) is 9.59 Å². The van der Waals surface area contributed by atoms with Crippen molar-refractivity contribution in [1.29, 1.82) is 0 Å². The Morgan fingerprint density at radius 1 is 1.24 bits per heavy atom. The monoisotopic (exact) mass is 410 g/mol. The van der Waals surface area contributed by atoms with Gasteiger partial charge in [0.25, 0.3) is 11.5 Å². The molecule has 2 fully saturated rings. The summed E-state index contributed by atoms with van der Waals surface area (Å²) in [5.74, 6) is 0.422. The first kappa shape index (κ1) is 18.4. The van der Waals surface area contributed by atoms with E-state index in [-0.39, 0.29) is 17.5 Å². The second-order valence-corrected chi connectivity index (χ2v) is 8.67. The van der Waals surface area contributed by atoms with E-state index in [4.69, 9.17) is 11.6 Å². The number of rotatable bonds is 4. The summed E-state index contributed by atoms with van der Waals surface area (Å²) in [7, 11) is 0. The summed E-state index contributed by atoms with van der Waals surface area (Å²) in [4.78, 5) is 32.5. The van der Waals surface area contributed by atoms with Crippen LogP contribution in [0.25, 0.3) is 16.9 Å². The number of likely N-dealkylation sites (tertiary alicyclic amines) is 1. The maximum absolute atomic E-state index is 13.3. The summed E-state index contributed by atoms with van der Waals surface area (Å²) in [5.41, 5.74) is 2.14. The molecule has 1 atom stereocenters. The summed E-state index contributed by atoms with van der Waals surface area (Å²) in [6.45, 7) is 3.46. The Hall–Kier alpha value is -2.60. The molecule has 6 nitrogen and oxygen atoms in total. The van der Waals surface area contributed by atoms with Crippen LogP contribution in [0.4, 0.5) is 0 Å². The maximum atomic E-state index is 13.3. The molecule has 0 unspecified atom stereocenters. The molecule has 0 radical (unpaired) electrons. The van der Waals surface area contributed by atoms with Crippen molar-refractivity contribution in [3.63, 3.8) is 0 Å². The molecule has 0 bridgehead atoms. The van der Waals surface area contributed by atoms with E-state index < -0.39 is 0 Å². The first-order valence-corrected chi connectivity index (χ1v) is 10.6. The first-order valence-electron chi connectivity index (χ1n) is 10.2. The standard InChI is InChI=1S/C22H23ClN4O2/c1-14-4-3-9-26(14)21(28)18-12-25-13-19(16-5-2-6-17(23)10-16)27(11-15-7-8-15)22(29)20(25)24-18/h2,5-6,10,12-15H,3-4,7-9,11H2,1H3/t14-/m1/s1. The fraction of sp³-hybridized carbons (Fsp3) is 0.409. The van der Waals surface area contributed by atoms with Crippen LogP contribution < -0.4 is 5.56 Å². The lowest BCUT2D eigenvalue weighted by Crippen LogP contribution is -2.33. The number of fused-ring (bicyclic) bond motifs is 1. The minimum atomic E-state index is -0.164. The summed E-state index contributed by atoms with van der Waals surface area (Å²) in [6.07, 6.45) is 7.86. The van der Waals surface area contributed by atoms with E-state index in [0.717, 1.165) is 43.5 Å². The average Bonchev–Trinajstić information content (AvgIpc) is 3.25. The van der Waals surface area contributed by atoms with E-state index in [1.165, 1.54) is 0 Å². The van der Waals surface area contributed by atoms with Crippen LogP contribution in [0.15, 0.2) is 41.5 Å². The van der Waals surface area contributed by atoms with Gasteiger partial charge in [0.1, 0.15) is 5.69 Å². The normalized spacial score (nSPS) is 19.2. The van der Waals surface area contributed by atoms with Crippen LogP contribution in [0.2, 0.25) is 5.02 Å². The number of aromatic nitrogens is 3. The number of carbonyl (C=O) groups is 1. The molecule has 0 N–H and O–H groups in total. The highest BCUT2D eigenvalue weighted by Crippen LogP contribution is 2.32. The minimum absolute atomic E-state index is 0.101. The third kappa shape index (κ3) is 3.35. The molecule has 1 amide bonds. The van der Waals surface area contributed by atoms with Crippen molar-refractivity contribution < 1.29 is 4.79 Å². The van der Waals surface area contributed by atoms with E-state index in [2.05, 4.69) is 11.9 Å². The number of imidazole rings is 1. The molecule has 3 aromatic rings. The van der Waals surface area contributed by atoms with Gasteiger partial charge >= 0.3 is 0 Å². The highest BCUT2D eigenvalue weighted by atomic mass is 35.5. The Labute approximate surface area is 173 Å². The second kappa shape index (κ2) is 7.02. The van der Waals surface area contributed by atoms with Gasteiger partial charge < -0.3 is 9.47 Å². The molecule has 1 aromatic carbocycles. The number of amides is 1. The zero-order valence-corrected chi connectivity index (χ0v) is 17.1. The third-order valence-electron chi connectivity index (χ3n) is 6.01. The van der Waals surface area contributed by atoms with E-state index >= 15 is 0 Å². The van der Waals surface area contributed by atoms with Gasteiger partial charge in [-0.3, -0.25) is 14.0 Å². The number of carbonyl (C=O) groups excluding carboxylic acids is 1. The molecule has 3 heterocycles. The molecule has 1 saturated heterocycles. The molecule has 5 rings (SSSR count). The summed E-state index contributed by atoms with van der Waals surface area (Å²) in [5, 5.41) is 0.623. The van der Waals surface area contributed by atoms with Crippen LogP contribution in [0.1, 0.15) is 43.1 Å². The Kier molecular flexibility index (Phi) is 4.46. The van der Waals surface area contributed by atoms with Gasteiger partial charge in [0.15, 0.2) is 0 Å². The predicted molar refractivity (Wildman–Crippen MR) is 112 cm³/mol. The Bertz CT molecular complexity index is 1160. The number of benzene rings is 1. The lowest BCUT2D eigenvalue weighted by atomic mass is 10.1. The third-order valence-corrected chi connectivity index (χ3v) is 6.25. The van der Waals surface area contributed by atoms with Crippen molar-refractivity contribution in [2.45, 2.75) is 45.2 Å². The zero-order chi connectivity index (χ0) is 20.1. The van der Waals surface area contributed by atoms with Crippen molar-refractivity contribution in [1.82, 2.24) is 18.9 Å². The molecule has 1 aliphatic heterocycles. The second-order valence-electron chi connectivity index (χ2n) is 8.23. The summed E-state index contributed by atoms with van der Waals surface area (Å²) in [6, 6.07) is 7.72. The smallest absolute Gasteiger partial charge is 0.294 e. The van der Waals surface area contributed by atoms with Crippen LogP contribution in [0.3, 0.4) is 0 Å². The molecule has 2 aromatic heterocycles. The average molecular weight is 411 g/mol. The Morgan fingerprint density at radius 3 is 2.76 bits per heavy atom. The van der Waals surface area contributed by atoms with Gasteiger partial charge in [-0.1, -0.05) is 23.7 Å². The number of nitrogens with zero attached hydrogens (tertiary/aromatic N) is 4. The molecule has 0 spiro atoms. The van der Waals surface area contributed by atoms with Crippen LogP contribution in [0, 0.1) is 5.92 Å². The molecular formula is C22H23ClN4O2. The molecule has 1 aliphatic carbocycles. The molecule has 29 heavy (non-hydrogen) atoms. The molecule has 7 heteroatoms. The lowest BCUT2D eigenvalue weighted by molar-refractivity contribution is 0.0742. The fourth-order valence-corrected chi connectivity index (χ4v) is 4.38. The quantitative estimate of drug-likeness (QED) is 0.656. The number of hydrogen-bond donors (Lipinski definition) is 0. The summed E-state index contributed by atoms with van der Waals surface area (Å²) < 4.78 is 3.48. The van der Waals surface area contributed by atoms with Crippen molar-refractivity contribution >= 4 is 23.2 Å². The summed E-state index contributed by atoms with van der Waals surface area (Å²) >= 11 is 6.20. The van der Waals surface area contributed by atoms with Crippen molar-refractivity contribution in [2.75, 3.05) is 6.54 Å². The fourth-order valence-electron chi connectivity index (χ4n) is 4.19. The Morgan fingerprint density at radius 2 is 2.07 bits per heavy atom. The van der Waals surface area contributed by atoms with Gasteiger partial charge in [-0.05, 0) is 50.7 Å². The molecule has 2 aliphatic rings. The van der Waals surface area contributed by atoms with Crippen LogP contribution in [0.5, 0.6) is 0 Å². The van der Waals surface area contributed by atoms with Crippen molar-refractivity contribution in [3.8, 4) is 11.3 Å². The van der Waals surface area contributed by atoms with Crippen LogP contribution in [-0.4, -0.2) is 37.3 Å². The van der Waals surface area contributed by atoms with Crippen LogP contribution >= 0.6 is 11.6 Å². The SMILES string of the molecule is C[C@@H]1CCCN1C(=O)c1cn2cc(-c3cccc(Cl)c3)n(CC3CC3)c(=O)c2n1. The zero-order valence-electron chi connectivity index (χ0n) is 16.3. The maximum Gasteiger partial charge on any atom is 0.294 e. The van der Waals surface area contributed by atoms with E-state index in [1.807, 2.05) is 35.4 Å². The molecular weight excluding hydrogens is 388 g/mol. The topological polar surface area (TPSA) is 59.6 Å². The minimum Gasteiger partial charge on any atom is -0.335 e. The van der Waals surface area contributed by atoms with Crippen LogP contribution in [-0.2, 0) is 6.54 Å². The van der Waals surface area contributed by atoms with Gasteiger partial charge in [0.05, 0.1) is 5.69 Å². The predicted octanol–water partition coefficient (Wildman–Crippen LogP) is 3.85. The van der Waals surface area contributed by atoms with E-state index in [0.29, 0.717) is 28.8 Å². The highest BCUT2D eigenvalue weighted by molar-refractivity contribution is 6.30. The Balaban J connectivity index is 1.64. The van der Waals surface area contributed by atoms with Gasteiger partial charge in [-0.25, -0.2) is 4.98 Å². The molecule has 1 saturated carbocycles. The van der Waals surface area contributed by atoms with Gasteiger partial charge in [0.2, 0.25) is 5.65 Å². The van der Waals surface area contributed by atoms with Crippen molar-refractivity contribution in [2.24, 2.45) is 5.92 Å². The first-order chi connectivity index (χ1) is 14.0. The van der Waals surface area contributed by atoms with Crippen molar-refractivity contribution in [3.05, 3.63) is 57.7 Å². The van der Waals surface area contributed by atoms with Gasteiger partial charge in [-0.2, -0.15) is 0 Å². The number of halogens is 1.